The van der Waals surface area contributed by atoms with Crippen LogP contribution >= 0.6 is 23.2 Å². The van der Waals surface area contributed by atoms with Crippen molar-refractivity contribution in [2.45, 2.75) is 25.8 Å². The number of carboxylic acid groups (broad SMARTS) is 1. The summed E-state index contributed by atoms with van der Waals surface area (Å²) in [5, 5.41) is 9.68. The fourth-order valence-electron chi connectivity index (χ4n) is 1.59. The van der Waals surface area contributed by atoms with E-state index < -0.39 is 17.9 Å². The molecule has 0 radical (unpaired) electrons. The van der Waals surface area contributed by atoms with Crippen LogP contribution in [0.3, 0.4) is 0 Å². The lowest BCUT2D eigenvalue weighted by Crippen LogP contribution is -2.42. The van der Waals surface area contributed by atoms with Gasteiger partial charge in [-0.2, -0.15) is 0 Å². The molecule has 1 aromatic rings. The molecule has 6 heteroatoms. The largest absolute Gasteiger partial charge is 0.480 e. The monoisotopic (exact) mass is 303 g/mol. The third-order valence-corrected chi connectivity index (χ3v) is 3.84. The maximum absolute atomic E-state index is 12.2. The summed E-state index contributed by atoms with van der Waals surface area (Å²) in [7, 11) is 1.47. The number of nitrogens with zero attached hydrogens (tertiary/aromatic N) is 1. The van der Waals surface area contributed by atoms with Gasteiger partial charge in [0.25, 0.3) is 0 Å². The first kappa shape index (κ1) is 15.8. The second kappa shape index (κ2) is 6.26. The number of carboxylic acids is 1. The predicted molar refractivity (Wildman–Crippen MR) is 74.7 cm³/mol. The maximum atomic E-state index is 12.2. The highest BCUT2D eigenvalue weighted by molar-refractivity contribution is 6.42. The molecule has 1 rings (SSSR count). The van der Waals surface area contributed by atoms with Gasteiger partial charge in [-0.15, -0.1) is 0 Å². The molecule has 0 bridgehead atoms. The lowest BCUT2D eigenvalue weighted by atomic mass is 9.99. The Bertz CT molecular complexity index is 505. The van der Waals surface area contributed by atoms with Gasteiger partial charge in [0.2, 0.25) is 5.91 Å². The van der Waals surface area contributed by atoms with Crippen molar-refractivity contribution < 1.29 is 14.7 Å². The number of carbonyl (C=O) groups is 2. The van der Waals surface area contributed by atoms with Crippen molar-refractivity contribution in [1.29, 1.82) is 0 Å². The van der Waals surface area contributed by atoms with E-state index in [9.17, 15) is 9.59 Å². The molecule has 0 heterocycles. The van der Waals surface area contributed by atoms with E-state index in [1.165, 1.54) is 18.9 Å². The van der Waals surface area contributed by atoms with E-state index in [0.29, 0.717) is 15.6 Å². The van der Waals surface area contributed by atoms with Crippen LogP contribution in [-0.2, 0) is 9.59 Å². The SMILES string of the molecule is CC(C(=O)N(C)C(C)C(=O)O)c1ccc(Cl)c(Cl)c1. The average Bonchev–Trinajstić information content (AvgIpc) is 2.38. The van der Waals surface area contributed by atoms with E-state index in [0.717, 1.165) is 0 Å². The topological polar surface area (TPSA) is 57.6 Å². The lowest BCUT2D eigenvalue weighted by molar-refractivity contribution is -0.148. The van der Waals surface area contributed by atoms with Gasteiger partial charge in [0.05, 0.1) is 16.0 Å². The summed E-state index contributed by atoms with van der Waals surface area (Å²) < 4.78 is 0. The summed E-state index contributed by atoms with van der Waals surface area (Å²) in [5.41, 5.74) is 0.698. The zero-order valence-electron chi connectivity index (χ0n) is 10.9. The number of halogens is 2. The van der Waals surface area contributed by atoms with Gasteiger partial charge < -0.3 is 10.0 Å². The summed E-state index contributed by atoms with van der Waals surface area (Å²) in [4.78, 5) is 24.2. The Balaban J connectivity index is 2.93. The van der Waals surface area contributed by atoms with Crippen LogP contribution in [0.15, 0.2) is 18.2 Å². The molecule has 0 aromatic heterocycles. The van der Waals surface area contributed by atoms with Crippen molar-refractivity contribution in [1.82, 2.24) is 4.90 Å². The lowest BCUT2D eigenvalue weighted by Gasteiger charge is -2.25. The number of carbonyl (C=O) groups excluding carboxylic acids is 1. The van der Waals surface area contributed by atoms with Gasteiger partial charge in [-0.1, -0.05) is 29.3 Å². The molecule has 0 saturated carbocycles. The van der Waals surface area contributed by atoms with E-state index in [1.807, 2.05) is 0 Å². The van der Waals surface area contributed by atoms with Crippen molar-refractivity contribution in [2.75, 3.05) is 7.05 Å². The first-order valence-electron chi connectivity index (χ1n) is 5.70. The molecule has 0 aliphatic rings. The second-order valence-electron chi connectivity index (χ2n) is 4.36. The molecule has 0 fully saturated rings. The normalized spacial score (nSPS) is 13.7. The van der Waals surface area contributed by atoms with Crippen LogP contribution < -0.4 is 0 Å². The summed E-state index contributed by atoms with van der Waals surface area (Å²) in [6.07, 6.45) is 0. The molecular weight excluding hydrogens is 289 g/mol. The number of hydrogen-bond donors (Lipinski definition) is 1. The number of benzene rings is 1. The van der Waals surface area contributed by atoms with Crippen LogP contribution in [0.5, 0.6) is 0 Å². The Kier molecular flexibility index (Phi) is 5.20. The first-order chi connectivity index (χ1) is 8.75. The van der Waals surface area contributed by atoms with Gasteiger partial charge >= 0.3 is 5.97 Å². The van der Waals surface area contributed by atoms with E-state index in [1.54, 1.807) is 25.1 Å². The molecule has 19 heavy (non-hydrogen) atoms. The van der Waals surface area contributed by atoms with Crippen LogP contribution in [0, 0.1) is 0 Å². The van der Waals surface area contributed by atoms with E-state index in [4.69, 9.17) is 28.3 Å². The van der Waals surface area contributed by atoms with Gasteiger partial charge in [-0.05, 0) is 31.5 Å². The molecule has 2 unspecified atom stereocenters. The molecular formula is C13H15Cl2NO3. The quantitative estimate of drug-likeness (QED) is 0.930. The third-order valence-electron chi connectivity index (χ3n) is 3.10. The van der Waals surface area contributed by atoms with Crippen molar-refractivity contribution >= 4 is 35.1 Å². The Morgan fingerprint density at radius 1 is 1.21 bits per heavy atom. The minimum Gasteiger partial charge on any atom is -0.480 e. The van der Waals surface area contributed by atoms with Crippen LogP contribution in [0.1, 0.15) is 25.3 Å². The number of likely N-dealkylation sites (N-methyl/N-ethyl adjacent to an activating group) is 1. The smallest absolute Gasteiger partial charge is 0.326 e. The summed E-state index contributed by atoms with van der Waals surface area (Å²) >= 11 is 11.7. The van der Waals surface area contributed by atoms with E-state index in [-0.39, 0.29) is 5.91 Å². The fraction of sp³-hybridized carbons (Fsp3) is 0.385. The van der Waals surface area contributed by atoms with Gasteiger partial charge in [0.1, 0.15) is 6.04 Å². The summed E-state index contributed by atoms with van der Waals surface area (Å²) in [5.74, 6) is -1.81. The first-order valence-corrected chi connectivity index (χ1v) is 6.45. The van der Waals surface area contributed by atoms with Crippen molar-refractivity contribution in [3.05, 3.63) is 33.8 Å². The number of rotatable bonds is 4. The zero-order chi connectivity index (χ0) is 14.7. The van der Waals surface area contributed by atoms with Gasteiger partial charge in [-0.3, -0.25) is 4.79 Å². The molecule has 0 aliphatic carbocycles. The van der Waals surface area contributed by atoms with Crippen LogP contribution in [0.25, 0.3) is 0 Å². The molecule has 0 saturated heterocycles. The number of hydrogen-bond acceptors (Lipinski definition) is 2. The Morgan fingerprint density at radius 3 is 2.26 bits per heavy atom. The van der Waals surface area contributed by atoms with Crippen molar-refractivity contribution in [2.24, 2.45) is 0 Å². The number of aliphatic carboxylic acids is 1. The van der Waals surface area contributed by atoms with Crippen LogP contribution in [-0.4, -0.2) is 35.0 Å². The number of amides is 1. The standard InChI is InChI=1S/C13H15Cl2NO3/c1-7(9-4-5-10(14)11(15)6-9)12(17)16(3)8(2)13(18)19/h4-8H,1-3H3,(H,18,19). The zero-order valence-corrected chi connectivity index (χ0v) is 12.4. The Morgan fingerprint density at radius 2 is 1.79 bits per heavy atom. The molecule has 1 N–H and O–H groups in total. The third kappa shape index (κ3) is 3.61. The molecule has 0 spiro atoms. The van der Waals surface area contributed by atoms with Gasteiger partial charge in [0, 0.05) is 7.05 Å². The molecule has 104 valence electrons. The highest BCUT2D eigenvalue weighted by Crippen LogP contribution is 2.27. The highest BCUT2D eigenvalue weighted by Gasteiger charge is 2.26. The Hall–Kier alpha value is -1.26. The molecule has 0 aliphatic heterocycles. The van der Waals surface area contributed by atoms with Gasteiger partial charge in [0.15, 0.2) is 0 Å². The second-order valence-corrected chi connectivity index (χ2v) is 5.17. The highest BCUT2D eigenvalue weighted by atomic mass is 35.5. The van der Waals surface area contributed by atoms with E-state index >= 15 is 0 Å². The maximum Gasteiger partial charge on any atom is 0.326 e. The van der Waals surface area contributed by atoms with Crippen molar-refractivity contribution in [3.8, 4) is 0 Å². The summed E-state index contributed by atoms with van der Waals surface area (Å²) in [6, 6.07) is 4.06. The average molecular weight is 304 g/mol. The Labute approximate surface area is 121 Å². The molecule has 2 atom stereocenters. The predicted octanol–water partition coefficient (Wildman–Crippen LogP) is 3.03. The van der Waals surface area contributed by atoms with Gasteiger partial charge in [-0.25, -0.2) is 4.79 Å². The van der Waals surface area contributed by atoms with Crippen LogP contribution in [0.2, 0.25) is 10.0 Å². The van der Waals surface area contributed by atoms with Crippen LogP contribution in [0.4, 0.5) is 0 Å². The summed E-state index contributed by atoms with van der Waals surface area (Å²) in [6.45, 7) is 3.16. The van der Waals surface area contributed by atoms with E-state index in [2.05, 4.69) is 0 Å². The molecule has 1 amide bonds. The fourth-order valence-corrected chi connectivity index (χ4v) is 1.89. The molecule has 1 aromatic carbocycles. The molecule has 4 nitrogen and oxygen atoms in total. The van der Waals surface area contributed by atoms with Crippen molar-refractivity contribution in [3.63, 3.8) is 0 Å². The minimum atomic E-state index is -1.04. The minimum absolute atomic E-state index is 0.284.